The second kappa shape index (κ2) is 6.23. The summed E-state index contributed by atoms with van der Waals surface area (Å²) in [6, 6.07) is 21.3. The third-order valence-corrected chi connectivity index (χ3v) is 4.83. The molecule has 0 saturated heterocycles. The standard InChI is InChI=1S/C17H17Si/c1-15(2)13-14-18(16-9-5-3-6-10-16)17-11-7-4-8-12-17/h3-12,15H,1-2H3. The molecule has 2 aromatic rings. The van der Waals surface area contributed by atoms with Gasteiger partial charge in [-0.2, -0.15) is 0 Å². The first-order valence-electron chi connectivity index (χ1n) is 6.26. The average molecular weight is 249 g/mol. The van der Waals surface area contributed by atoms with Gasteiger partial charge in [0.2, 0.25) is 8.80 Å². The molecular formula is C17H17Si. The van der Waals surface area contributed by atoms with Crippen molar-refractivity contribution in [1.29, 1.82) is 0 Å². The third kappa shape index (κ3) is 3.35. The molecule has 1 heteroatoms. The fourth-order valence-electron chi connectivity index (χ4n) is 1.74. The highest BCUT2D eigenvalue weighted by atomic mass is 28.3. The van der Waals surface area contributed by atoms with E-state index < -0.39 is 8.80 Å². The molecule has 0 spiro atoms. The summed E-state index contributed by atoms with van der Waals surface area (Å²) in [5.41, 5.74) is 3.50. The quantitative estimate of drug-likeness (QED) is 0.567. The van der Waals surface area contributed by atoms with E-state index in [-0.39, 0.29) is 0 Å². The summed E-state index contributed by atoms with van der Waals surface area (Å²) in [7, 11) is -0.956. The predicted molar refractivity (Wildman–Crippen MR) is 80.5 cm³/mol. The summed E-state index contributed by atoms with van der Waals surface area (Å²) >= 11 is 0. The van der Waals surface area contributed by atoms with Crippen LogP contribution >= 0.6 is 0 Å². The van der Waals surface area contributed by atoms with Gasteiger partial charge in [0.25, 0.3) is 0 Å². The summed E-state index contributed by atoms with van der Waals surface area (Å²) in [4.78, 5) is 0. The molecule has 0 aliphatic heterocycles. The number of hydrogen-bond donors (Lipinski definition) is 0. The lowest BCUT2D eigenvalue weighted by Crippen LogP contribution is -2.41. The topological polar surface area (TPSA) is 0 Å². The molecule has 0 aliphatic carbocycles. The van der Waals surface area contributed by atoms with Crippen molar-refractivity contribution in [3.63, 3.8) is 0 Å². The molecular weight excluding hydrogens is 232 g/mol. The van der Waals surface area contributed by atoms with Gasteiger partial charge in [-0.1, -0.05) is 74.5 Å². The minimum Gasteiger partial charge on any atom is -0.121 e. The van der Waals surface area contributed by atoms with Crippen molar-refractivity contribution in [3.05, 3.63) is 60.7 Å². The molecule has 0 unspecified atom stereocenters. The molecule has 0 atom stereocenters. The van der Waals surface area contributed by atoms with Crippen molar-refractivity contribution < 1.29 is 0 Å². The first kappa shape index (κ1) is 12.7. The molecule has 0 aromatic heterocycles. The van der Waals surface area contributed by atoms with Crippen molar-refractivity contribution in [2.24, 2.45) is 5.92 Å². The highest BCUT2D eigenvalue weighted by Crippen LogP contribution is 1.93. The maximum atomic E-state index is 3.50. The molecule has 0 amide bonds. The SMILES string of the molecule is CC(C)C#C[Si](c1ccccc1)c1ccccc1. The van der Waals surface area contributed by atoms with E-state index >= 15 is 0 Å². The second-order valence-corrected chi connectivity index (χ2v) is 6.69. The Morgan fingerprint density at radius 1 is 0.778 bits per heavy atom. The van der Waals surface area contributed by atoms with Gasteiger partial charge in [0.05, 0.1) is 0 Å². The van der Waals surface area contributed by atoms with Gasteiger partial charge in [0, 0.05) is 5.92 Å². The minimum atomic E-state index is -0.956. The molecule has 2 aromatic carbocycles. The Morgan fingerprint density at radius 2 is 1.22 bits per heavy atom. The van der Waals surface area contributed by atoms with E-state index in [1.165, 1.54) is 10.4 Å². The van der Waals surface area contributed by atoms with Gasteiger partial charge < -0.3 is 0 Å². The van der Waals surface area contributed by atoms with E-state index in [9.17, 15) is 0 Å². The third-order valence-electron chi connectivity index (χ3n) is 2.61. The van der Waals surface area contributed by atoms with E-state index in [0.717, 1.165) is 0 Å². The van der Waals surface area contributed by atoms with Crippen molar-refractivity contribution in [1.82, 2.24) is 0 Å². The van der Waals surface area contributed by atoms with Gasteiger partial charge in [-0.25, -0.2) is 0 Å². The summed E-state index contributed by atoms with van der Waals surface area (Å²) in [5.74, 6) is 3.77. The van der Waals surface area contributed by atoms with Gasteiger partial charge in [-0.05, 0) is 10.4 Å². The van der Waals surface area contributed by atoms with Crippen LogP contribution in [0.2, 0.25) is 0 Å². The Morgan fingerprint density at radius 3 is 1.61 bits per heavy atom. The van der Waals surface area contributed by atoms with Crippen LogP contribution in [0, 0.1) is 17.4 Å². The Labute approximate surface area is 111 Å². The average Bonchev–Trinajstić information content (AvgIpc) is 2.41. The molecule has 0 bridgehead atoms. The van der Waals surface area contributed by atoms with Crippen LogP contribution in [-0.2, 0) is 0 Å². The van der Waals surface area contributed by atoms with E-state index in [1.54, 1.807) is 0 Å². The molecule has 2 rings (SSSR count). The Bertz CT molecular complexity index is 493. The number of hydrogen-bond acceptors (Lipinski definition) is 0. The fraction of sp³-hybridized carbons (Fsp3) is 0.176. The van der Waals surface area contributed by atoms with Crippen LogP contribution in [0.5, 0.6) is 0 Å². The molecule has 0 heterocycles. The lowest BCUT2D eigenvalue weighted by atomic mass is 10.2. The van der Waals surface area contributed by atoms with E-state index in [2.05, 4.69) is 86.0 Å². The Balaban J connectivity index is 2.40. The smallest absolute Gasteiger partial charge is 0.121 e. The van der Waals surface area contributed by atoms with Gasteiger partial charge in [-0.15, -0.1) is 11.5 Å². The van der Waals surface area contributed by atoms with Crippen LogP contribution in [0.1, 0.15) is 13.8 Å². The molecule has 0 fully saturated rings. The first-order chi connectivity index (χ1) is 8.77. The zero-order valence-corrected chi connectivity index (χ0v) is 11.9. The van der Waals surface area contributed by atoms with Crippen molar-refractivity contribution in [2.45, 2.75) is 13.8 Å². The van der Waals surface area contributed by atoms with Gasteiger partial charge in [0.15, 0.2) is 0 Å². The zero-order valence-electron chi connectivity index (χ0n) is 10.9. The fourth-order valence-corrected chi connectivity index (χ4v) is 3.84. The maximum Gasteiger partial charge on any atom is 0.213 e. The number of rotatable bonds is 2. The minimum absolute atomic E-state index is 0.428. The summed E-state index contributed by atoms with van der Waals surface area (Å²) in [5, 5.41) is 2.73. The lowest BCUT2D eigenvalue weighted by molar-refractivity contribution is 0.867. The van der Waals surface area contributed by atoms with Gasteiger partial charge in [-0.3, -0.25) is 0 Å². The maximum absolute atomic E-state index is 3.50. The normalized spacial score (nSPS) is 10.2. The predicted octanol–water partition coefficient (Wildman–Crippen LogP) is 2.49. The monoisotopic (exact) mass is 249 g/mol. The summed E-state index contributed by atoms with van der Waals surface area (Å²) < 4.78 is 0. The molecule has 1 radical (unpaired) electrons. The largest absolute Gasteiger partial charge is 0.213 e. The van der Waals surface area contributed by atoms with Crippen LogP contribution < -0.4 is 10.4 Å². The molecule has 0 nitrogen and oxygen atoms in total. The van der Waals surface area contributed by atoms with E-state index in [4.69, 9.17) is 0 Å². The van der Waals surface area contributed by atoms with Crippen molar-refractivity contribution >= 4 is 19.2 Å². The lowest BCUT2D eigenvalue weighted by Gasteiger charge is -2.09. The van der Waals surface area contributed by atoms with Crippen molar-refractivity contribution in [3.8, 4) is 11.5 Å². The van der Waals surface area contributed by atoms with Crippen LogP contribution in [0.25, 0.3) is 0 Å². The Hall–Kier alpha value is -1.78. The van der Waals surface area contributed by atoms with Crippen LogP contribution in [0.4, 0.5) is 0 Å². The molecule has 0 saturated carbocycles. The first-order valence-corrected chi connectivity index (χ1v) is 7.76. The second-order valence-electron chi connectivity index (χ2n) is 4.53. The van der Waals surface area contributed by atoms with Crippen LogP contribution in [0.3, 0.4) is 0 Å². The molecule has 0 aliphatic rings. The molecule has 89 valence electrons. The molecule has 18 heavy (non-hydrogen) atoms. The summed E-state index contributed by atoms with van der Waals surface area (Å²) in [6.45, 7) is 4.28. The zero-order chi connectivity index (χ0) is 12.8. The van der Waals surface area contributed by atoms with Crippen molar-refractivity contribution in [2.75, 3.05) is 0 Å². The number of benzene rings is 2. The van der Waals surface area contributed by atoms with Gasteiger partial charge >= 0.3 is 0 Å². The van der Waals surface area contributed by atoms with Crippen LogP contribution in [-0.4, -0.2) is 8.80 Å². The molecule has 0 N–H and O–H groups in total. The van der Waals surface area contributed by atoms with Gasteiger partial charge in [0.1, 0.15) is 0 Å². The highest BCUT2D eigenvalue weighted by Gasteiger charge is 2.13. The van der Waals surface area contributed by atoms with E-state index in [0.29, 0.717) is 5.92 Å². The Kier molecular flexibility index (Phi) is 4.39. The van der Waals surface area contributed by atoms with Crippen LogP contribution in [0.15, 0.2) is 60.7 Å². The van der Waals surface area contributed by atoms with E-state index in [1.807, 2.05) is 0 Å². The summed E-state index contributed by atoms with van der Waals surface area (Å²) in [6.07, 6.45) is 0. The highest BCUT2D eigenvalue weighted by molar-refractivity contribution is 6.91.